The number of carbonyl (C=O) groups is 1. The maximum atomic E-state index is 12.3. The van der Waals surface area contributed by atoms with Crippen molar-refractivity contribution in [2.75, 3.05) is 5.32 Å². The second-order valence-corrected chi connectivity index (χ2v) is 5.00. The number of benzene rings is 1. The molecule has 6 heteroatoms. The number of nitrogens with two attached hydrogens (primary N) is 1. The zero-order chi connectivity index (χ0) is 14.7. The van der Waals surface area contributed by atoms with Crippen LogP contribution in [0.2, 0.25) is 0 Å². The maximum Gasteiger partial charge on any atom is 0.255 e. The smallest absolute Gasteiger partial charge is 0.255 e. The highest BCUT2D eigenvalue weighted by atomic mass is 35.5. The fraction of sp³-hybridized carbons (Fsp3) is 0.250. The van der Waals surface area contributed by atoms with Crippen molar-refractivity contribution in [3.63, 3.8) is 0 Å². The number of nitrogens with one attached hydrogen (secondary N) is 1. The average Bonchev–Trinajstić information content (AvgIpc) is 2.41. The molecule has 1 heterocycles. The molecule has 4 nitrogen and oxygen atoms in total. The Morgan fingerprint density at radius 3 is 2.27 bits per heavy atom. The molecule has 22 heavy (non-hydrogen) atoms. The van der Waals surface area contributed by atoms with Crippen LogP contribution in [-0.4, -0.2) is 10.9 Å². The summed E-state index contributed by atoms with van der Waals surface area (Å²) in [7, 11) is 0. The monoisotopic (exact) mass is 341 g/mol. The highest BCUT2D eigenvalue weighted by Gasteiger charge is 2.13. The first-order valence-corrected chi connectivity index (χ1v) is 6.57. The minimum absolute atomic E-state index is 0. The number of aromatic nitrogens is 1. The standard InChI is InChI=1S/C16H19N3O.2ClH/c1-10-9-15(11(2)8-14(10)12(3)17)16(20)19-13-4-6-18-7-5-13;;/h4-9,12H,17H2,1-3H3,(H,18,19,20);2*1H. The van der Waals surface area contributed by atoms with Gasteiger partial charge in [-0.25, -0.2) is 0 Å². The van der Waals surface area contributed by atoms with E-state index in [1.807, 2.05) is 32.9 Å². The van der Waals surface area contributed by atoms with E-state index in [0.717, 1.165) is 22.4 Å². The molecule has 1 atom stereocenters. The van der Waals surface area contributed by atoms with Crippen molar-refractivity contribution in [3.05, 3.63) is 58.9 Å². The number of amides is 1. The van der Waals surface area contributed by atoms with Crippen molar-refractivity contribution in [2.24, 2.45) is 5.73 Å². The normalized spacial score (nSPS) is 10.9. The molecule has 1 aromatic carbocycles. The summed E-state index contributed by atoms with van der Waals surface area (Å²) in [5.74, 6) is -0.118. The summed E-state index contributed by atoms with van der Waals surface area (Å²) in [6, 6.07) is 7.37. The molecular formula is C16H21Cl2N3O. The van der Waals surface area contributed by atoms with Crippen molar-refractivity contribution < 1.29 is 4.79 Å². The number of halogens is 2. The van der Waals surface area contributed by atoms with Crippen LogP contribution in [0, 0.1) is 13.8 Å². The zero-order valence-corrected chi connectivity index (χ0v) is 14.4. The molecule has 0 saturated carbocycles. The van der Waals surface area contributed by atoms with Gasteiger partial charge in [0.1, 0.15) is 0 Å². The number of hydrogen-bond acceptors (Lipinski definition) is 3. The van der Waals surface area contributed by atoms with Crippen molar-refractivity contribution in [2.45, 2.75) is 26.8 Å². The minimum atomic E-state index is -0.118. The third-order valence-corrected chi connectivity index (χ3v) is 3.29. The molecule has 2 aromatic rings. The number of rotatable bonds is 3. The van der Waals surface area contributed by atoms with Gasteiger partial charge >= 0.3 is 0 Å². The first-order chi connectivity index (χ1) is 9.49. The third kappa shape index (κ3) is 4.70. The number of carbonyl (C=O) groups excluding carboxylic acids is 1. The van der Waals surface area contributed by atoms with Crippen LogP contribution in [-0.2, 0) is 0 Å². The Hall–Kier alpha value is -1.62. The molecule has 0 saturated heterocycles. The zero-order valence-electron chi connectivity index (χ0n) is 12.8. The number of anilines is 1. The van der Waals surface area contributed by atoms with Crippen molar-refractivity contribution in [1.82, 2.24) is 4.98 Å². The summed E-state index contributed by atoms with van der Waals surface area (Å²) in [6.45, 7) is 5.84. The molecule has 0 bridgehead atoms. The summed E-state index contributed by atoms with van der Waals surface area (Å²) in [5, 5.41) is 2.86. The van der Waals surface area contributed by atoms with Crippen molar-refractivity contribution >= 4 is 36.4 Å². The fourth-order valence-corrected chi connectivity index (χ4v) is 2.21. The van der Waals surface area contributed by atoms with Gasteiger partial charge in [-0.3, -0.25) is 9.78 Å². The number of nitrogens with zero attached hydrogens (tertiary/aromatic N) is 1. The number of hydrogen-bond donors (Lipinski definition) is 2. The van der Waals surface area contributed by atoms with E-state index in [4.69, 9.17) is 5.73 Å². The van der Waals surface area contributed by atoms with Crippen LogP contribution in [0.3, 0.4) is 0 Å². The minimum Gasteiger partial charge on any atom is -0.324 e. The Labute approximate surface area is 143 Å². The molecule has 0 aliphatic rings. The first-order valence-electron chi connectivity index (χ1n) is 6.57. The molecule has 0 spiro atoms. The molecule has 3 N–H and O–H groups in total. The SMILES string of the molecule is Cc1cc(C(C)N)c(C)cc1C(=O)Nc1ccncc1.Cl.Cl. The van der Waals surface area contributed by atoms with Gasteiger partial charge in [-0.15, -0.1) is 24.8 Å². The van der Waals surface area contributed by atoms with Gasteiger partial charge in [0.15, 0.2) is 0 Å². The lowest BCUT2D eigenvalue weighted by molar-refractivity contribution is 0.102. The lowest BCUT2D eigenvalue weighted by Crippen LogP contribution is -2.15. The van der Waals surface area contributed by atoms with Crippen LogP contribution in [0.1, 0.15) is 40.0 Å². The van der Waals surface area contributed by atoms with E-state index in [0.29, 0.717) is 5.56 Å². The summed E-state index contributed by atoms with van der Waals surface area (Å²) in [6.07, 6.45) is 3.29. The van der Waals surface area contributed by atoms with E-state index >= 15 is 0 Å². The van der Waals surface area contributed by atoms with Gasteiger partial charge < -0.3 is 11.1 Å². The summed E-state index contributed by atoms with van der Waals surface area (Å²) < 4.78 is 0. The summed E-state index contributed by atoms with van der Waals surface area (Å²) >= 11 is 0. The predicted molar refractivity (Wildman–Crippen MR) is 95.2 cm³/mol. The molecular weight excluding hydrogens is 321 g/mol. The summed E-state index contributed by atoms with van der Waals surface area (Å²) in [4.78, 5) is 16.2. The Balaban J connectivity index is 0.00000220. The second-order valence-electron chi connectivity index (χ2n) is 5.00. The van der Waals surface area contributed by atoms with E-state index in [2.05, 4.69) is 10.3 Å². The molecule has 120 valence electrons. The Bertz CT molecular complexity index is 631. The summed E-state index contributed by atoms with van der Waals surface area (Å²) in [5.41, 5.74) is 10.4. The lowest BCUT2D eigenvalue weighted by atomic mass is 9.96. The topological polar surface area (TPSA) is 68.0 Å². The molecule has 1 amide bonds. The van der Waals surface area contributed by atoms with Crippen LogP contribution in [0.25, 0.3) is 0 Å². The Kier molecular flexibility index (Phi) is 8.09. The Morgan fingerprint density at radius 1 is 1.14 bits per heavy atom. The van der Waals surface area contributed by atoms with E-state index < -0.39 is 0 Å². The van der Waals surface area contributed by atoms with Gasteiger partial charge in [-0.1, -0.05) is 6.07 Å². The second kappa shape index (κ2) is 8.73. The molecule has 0 fully saturated rings. The maximum absolute atomic E-state index is 12.3. The van der Waals surface area contributed by atoms with E-state index in [1.165, 1.54) is 0 Å². The predicted octanol–water partition coefficient (Wildman–Crippen LogP) is 3.81. The largest absolute Gasteiger partial charge is 0.324 e. The van der Waals surface area contributed by atoms with Crippen molar-refractivity contribution in [3.8, 4) is 0 Å². The number of aryl methyl sites for hydroxylation is 2. The highest BCUT2D eigenvalue weighted by molar-refractivity contribution is 6.05. The fourth-order valence-electron chi connectivity index (χ4n) is 2.21. The molecule has 0 aliphatic carbocycles. The van der Waals surface area contributed by atoms with Gasteiger partial charge in [0, 0.05) is 29.7 Å². The Morgan fingerprint density at radius 2 is 1.73 bits per heavy atom. The van der Waals surface area contributed by atoms with Gasteiger partial charge in [0.05, 0.1) is 0 Å². The van der Waals surface area contributed by atoms with Crippen LogP contribution >= 0.6 is 24.8 Å². The van der Waals surface area contributed by atoms with Crippen molar-refractivity contribution in [1.29, 1.82) is 0 Å². The van der Waals surface area contributed by atoms with Gasteiger partial charge in [0.2, 0.25) is 0 Å². The molecule has 0 aliphatic heterocycles. The average molecular weight is 342 g/mol. The van der Waals surface area contributed by atoms with E-state index in [9.17, 15) is 4.79 Å². The van der Waals surface area contributed by atoms with Gasteiger partial charge in [-0.05, 0) is 55.7 Å². The van der Waals surface area contributed by atoms with Crippen LogP contribution in [0.15, 0.2) is 36.7 Å². The lowest BCUT2D eigenvalue weighted by Gasteiger charge is -2.14. The van der Waals surface area contributed by atoms with E-state index in [1.54, 1.807) is 24.5 Å². The molecule has 2 rings (SSSR count). The van der Waals surface area contributed by atoms with E-state index in [-0.39, 0.29) is 36.8 Å². The quantitative estimate of drug-likeness (QED) is 0.891. The molecule has 1 aromatic heterocycles. The van der Waals surface area contributed by atoms with Crippen LogP contribution < -0.4 is 11.1 Å². The van der Waals surface area contributed by atoms with Crippen LogP contribution in [0.5, 0.6) is 0 Å². The van der Waals surface area contributed by atoms with Gasteiger partial charge in [-0.2, -0.15) is 0 Å². The highest BCUT2D eigenvalue weighted by Crippen LogP contribution is 2.21. The van der Waals surface area contributed by atoms with Gasteiger partial charge in [0.25, 0.3) is 5.91 Å². The van der Waals surface area contributed by atoms with Crippen LogP contribution in [0.4, 0.5) is 5.69 Å². The number of pyridine rings is 1. The first kappa shape index (κ1) is 20.4. The third-order valence-electron chi connectivity index (χ3n) is 3.29. The molecule has 1 unspecified atom stereocenters. The molecule has 0 radical (unpaired) electrons.